The SMILES string of the molecule is COCC(O)CCNc1cc(F)cc(C#N)c1. The molecule has 1 aromatic rings. The van der Waals surface area contributed by atoms with Gasteiger partial charge in [-0.15, -0.1) is 0 Å². The van der Waals surface area contributed by atoms with Gasteiger partial charge in [0.15, 0.2) is 0 Å². The maximum absolute atomic E-state index is 13.1. The van der Waals surface area contributed by atoms with Crippen molar-refractivity contribution >= 4 is 5.69 Å². The molecule has 0 fully saturated rings. The summed E-state index contributed by atoms with van der Waals surface area (Å²) >= 11 is 0. The van der Waals surface area contributed by atoms with E-state index in [2.05, 4.69) is 5.32 Å². The normalized spacial score (nSPS) is 11.9. The molecule has 0 amide bonds. The summed E-state index contributed by atoms with van der Waals surface area (Å²) in [5.41, 5.74) is 0.802. The fourth-order valence-electron chi connectivity index (χ4n) is 1.42. The lowest BCUT2D eigenvalue weighted by molar-refractivity contribution is 0.0615. The van der Waals surface area contributed by atoms with E-state index in [0.29, 0.717) is 18.7 Å². The smallest absolute Gasteiger partial charge is 0.126 e. The molecule has 0 radical (unpaired) electrons. The van der Waals surface area contributed by atoms with Gasteiger partial charge >= 0.3 is 0 Å². The maximum Gasteiger partial charge on any atom is 0.126 e. The van der Waals surface area contributed by atoms with Gasteiger partial charge in [0.2, 0.25) is 0 Å². The first kappa shape index (κ1) is 13.4. The van der Waals surface area contributed by atoms with Crippen molar-refractivity contribution in [2.45, 2.75) is 12.5 Å². The first-order valence-corrected chi connectivity index (χ1v) is 5.27. The third kappa shape index (κ3) is 4.81. The van der Waals surface area contributed by atoms with Gasteiger partial charge in [-0.05, 0) is 24.6 Å². The average molecular weight is 238 g/mol. The molecule has 0 aromatic heterocycles. The molecule has 0 aliphatic rings. The molecule has 0 aliphatic carbocycles. The average Bonchev–Trinajstić information content (AvgIpc) is 2.28. The largest absolute Gasteiger partial charge is 0.391 e. The Morgan fingerprint density at radius 3 is 2.94 bits per heavy atom. The molecule has 17 heavy (non-hydrogen) atoms. The molecular weight excluding hydrogens is 223 g/mol. The van der Waals surface area contributed by atoms with Crippen molar-refractivity contribution in [1.82, 2.24) is 0 Å². The molecule has 0 spiro atoms. The molecule has 0 saturated heterocycles. The van der Waals surface area contributed by atoms with Gasteiger partial charge in [0.1, 0.15) is 5.82 Å². The van der Waals surface area contributed by atoms with Crippen molar-refractivity contribution in [3.05, 3.63) is 29.6 Å². The van der Waals surface area contributed by atoms with Crippen LogP contribution in [0, 0.1) is 17.1 Å². The summed E-state index contributed by atoms with van der Waals surface area (Å²) in [5, 5.41) is 21.0. The zero-order valence-electron chi connectivity index (χ0n) is 9.61. The second kappa shape index (κ2) is 6.84. The summed E-state index contributed by atoms with van der Waals surface area (Å²) in [5.74, 6) is -0.455. The Hall–Kier alpha value is -1.64. The van der Waals surface area contributed by atoms with Crippen LogP contribution >= 0.6 is 0 Å². The van der Waals surface area contributed by atoms with Crippen LogP contribution in [0.4, 0.5) is 10.1 Å². The van der Waals surface area contributed by atoms with Crippen LogP contribution in [0.25, 0.3) is 0 Å². The van der Waals surface area contributed by atoms with Crippen molar-refractivity contribution in [3.63, 3.8) is 0 Å². The number of hydrogen-bond donors (Lipinski definition) is 2. The minimum absolute atomic E-state index is 0.268. The molecule has 1 aromatic carbocycles. The van der Waals surface area contributed by atoms with Crippen molar-refractivity contribution < 1.29 is 14.2 Å². The quantitative estimate of drug-likeness (QED) is 0.788. The number of aliphatic hydroxyl groups is 1. The predicted octanol–water partition coefficient (Wildman–Crippen LogP) is 1.51. The topological polar surface area (TPSA) is 65.3 Å². The molecule has 0 saturated carbocycles. The number of aliphatic hydroxyl groups excluding tert-OH is 1. The van der Waals surface area contributed by atoms with E-state index in [1.54, 1.807) is 6.07 Å². The van der Waals surface area contributed by atoms with Crippen LogP contribution in [0.15, 0.2) is 18.2 Å². The number of nitriles is 1. The molecule has 4 nitrogen and oxygen atoms in total. The molecule has 5 heteroatoms. The third-order valence-electron chi connectivity index (χ3n) is 2.19. The Morgan fingerprint density at radius 1 is 1.53 bits per heavy atom. The predicted molar refractivity (Wildman–Crippen MR) is 62.1 cm³/mol. The highest BCUT2D eigenvalue weighted by Crippen LogP contribution is 2.13. The molecule has 0 bridgehead atoms. The number of anilines is 1. The first-order chi connectivity index (χ1) is 8.15. The van der Waals surface area contributed by atoms with Gasteiger partial charge in [-0.3, -0.25) is 0 Å². The van der Waals surface area contributed by atoms with E-state index in [4.69, 9.17) is 10.00 Å². The minimum Gasteiger partial charge on any atom is -0.391 e. The molecule has 1 atom stereocenters. The summed E-state index contributed by atoms with van der Waals surface area (Å²) in [6.07, 6.45) is -0.0526. The van der Waals surface area contributed by atoms with Gasteiger partial charge in [-0.25, -0.2) is 4.39 Å². The zero-order chi connectivity index (χ0) is 12.7. The number of hydrogen-bond acceptors (Lipinski definition) is 4. The van der Waals surface area contributed by atoms with E-state index in [1.807, 2.05) is 6.07 Å². The minimum atomic E-state index is -0.545. The molecule has 1 rings (SSSR count). The maximum atomic E-state index is 13.1. The lowest BCUT2D eigenvalue weighted by atomic mass is 10.2. The van der Waals surface area contributed by atoms with Gasteiger partial charge in [0.05, 0.1) is 24.3 Å². The number of methoxy groups -OCH3 is 1. The summed E-state index contributed by atoms with van der Waals surface area (Å²) in [6, 6.07) is 5.92. The Bertz CT molecular complexity index is 404. The first-order valence-electron chi connectivity index (χ1n) is 5.27. The van der Waals surface area contributed by atoms with Gasteiger partial charge in [-0.1, -0.05) is 0 Å². The van der Waals surface area contributed by atoms with Crippen LogP contribution in [0.5, 0.6) is 0 Å². The number of nitrogens with zero attached hydrogens (tertiary/aromatic N) is 1. The lowest BCUT2D eigenvalue weighted by Crippen LogP contribution is -2.18. The Labute approximate surface area is 99.6 Å². The van der Waals surface area contributed by atoms with E-state index in [0.717, 1.165) is 0 Å². The Balaban J connectivity index is 2.47. The summed E-state index contributed by atoms with van der Waals surface area (Å²) in [4.78, 5) is 0. The molecule has 0 heterocycles. The Morgan fingerprint density at radius 2 is 2.29 bits per heavy atom. The highest BCUT2D eigenvalue weighted by molar-refractivity contribution is 5.49. The van der Waals surface area contributed by atoms with E-state index in [-0.39, 0.29) is 12.2 Å². The number of halogens is 1. The summed E-state index contributed by atoms with van der Waals surface area (Å²) in [7, 11) is 1.52. The van der Waals surface area contributed by atoms with Gasteiger partial charge in [0.25, 0.3) is 0 Å². The molecule has 1 unspecified atom stereocenters. The highest BCUT2D eigenvalue weighted by atomic mass is 19.1. The van der Waals surface area contributed by atoms with Crippen LogP contribution in [-0.4, -0.2) is 31.5 Å². The van der Waals surface area contributed by atoms with Crippen LogP contribution < -0.4 is 5.32 Å². The zero-order valence-corrected chi connectivity index (χ0v) is 9.61. The van der Waals surface area contributed by atoms with E-state index >= 15 is 0 Å². The van der Waals surface area contributed by atoms with Gasteiger partial charge < -0.3 is 15.2 Å². The number of rotatable bonds is 6. The Kier molecular flexibility index (Phi) is 5.40. The second-order valence-electron chi connectivity index (χ2n) is 3.67. The van der Waals surface area contributed by atoms with Crippen molar-refractivity contribution in [1.29, 1.82) is 5.26 Å². The fraction of sp³-hybridized carbons (Fsp3) is 0.417. The highest BCUT2D eigenvalue weighted by Gasteiger charge is 2.04. The third-order valence-corrected chi connectivity index (χ3v) is 2.19. The van der Waals surface area contributed by atoms with Crippen LogP contribution in [0.1, 0.15) is 12.0 Å². The van der Waals surface area contributed by atoms with Gasteiger partial charge in [-0.2, -0.15) is 5.26 Å². The van der Waals surface area contributed by atoms with E-state index in [9.17, 15) is 9.50 Å². The molecule has 2 N–H and O–H groups in total. The van der Waals surface area contributed by atoms with Crippen LogP contribution in [0.3, 0.4) is 0 Å². The molecule has 0 aliphatic heterocycles. The number of ether oxygens (including phenoxy) is 1. The molecular formula is C12H15FN2O2. The molecule has 92 valence electrons. The number of nitrogens with one attached hydrogen (secondary N) is 1. The summed E-state index contributed by atoms with van der Waals surface area (Å²) in [6.45, 7) is 0.757. The summed E-state index contributed by atoms with van der Waals surface area (Å²) < 4.78 is 17.8. The monoisotopic (exact) mass is 238 g/mol. The van der Waals surface area contributed by atoms with Crippen molar-refractivity contribution in [2.24, 2.45) is 0 Å². The standard InChI is InChI=1S/C12H15FN2O2/c1-17-8-12(16)2-3-15-11-5-9(7-14)4-10(13)6-11/h4-6,12,15-16H,2-3,8H2,1H3. The van der Waals surface area contributed by atoms with Crippen LogP contribution in [-0.2, 0) is 4.74 Å². The number of benzene rings is 1. The van der Waals surface area contributed by atoms with Crippen molar-refractivity contribution in [2.75, 3.05) is 25.6 Å². The van der Waals surface area contributed by atoms with E-state index < -0.39 is 11.9 Å². The fourth-order valence-corrected chi connectivity index (χ4v) is 1.42. The second-order valence-corrected chi connectivity index (χ2v) is 3.67. The van der Waals surface area contributed by atoms with Gasteiger partial charge in [0, 0.05) is 19.3 Å². The van der Waals surface area contributed by atoms with Crippen molar-refractivity contribution in [3.8, 4) is 6.07 Å². The van der Waals surface area contributed by atoms with E-state index in [1.165, 1.54) is 19.2 Å². The lowest BCUT2D eigenvalue weighted by Gasteiger charge is -2.11. The van der Waals surface area contributed by atoms with Crippen LogP contribution in [0.2, 0.25) is 0 Å².